The fraction of sp³-hybridized carbons (Fsp3) is 0.167. The van der Waals surface area contributed by atoms with Crippen LogP contribution in [-0.2, 0) is 16.5 Å². The Morgan fingerprint density at radius 3 is 2.39 bits per heavy atom. The smallest absolute Gasteiger partial charge is 0.171 e. The first kappa shape index (κ1) is 16.4. The summed E-state index contributed by atoms with van der Waals surface area (Å²) in [5.41, 5.74) is 2.39. The SMILES string of the molecule is Clc1ccc(CC(Cl)(SCc2ccccc2)n2ccnc2)cc1. The van der Waals surface area contributed by atoms with E-state index in [0.29, 0.717) is 6.42 Å². The minimum Gasteiger partial charge on any atom is -0.309 e. The molecule has 3 aromatic rings. The van der Waals surface area contributed by atoms with E-state index in [-0.39, 0.29) is 0 Å². The van der Waals surface area contributed by atoms with Crippen molar-refractivity contribution >= 4 is 35.0 Å². The molecule has 3 rings (SSSR count). The molecule has 1 unspecified atom stereocenters. The molecule has 5 heteroatoms. The van der Waals surface area contributed by atoms with Crippen LogP contribution in [0.4, 0.5) is 0 Å². The second kappa shape index (κ2) is 7.43. The molecule has 0 aliphatic carbocycles. The summed E-state index contributed by atoms with van der Waals surface area (Å²) < 4.78 is 1.33. The summed E-state index contributed by atoms with van der Waals surface area (Å²) in [6.45, 7) is 0. The number of hydrogen-bond donors (Lipinski definition) is 0. The monoisotopic (exact) mass is 362 g/mol. The molecule has 0 radical (unpaired) electrons. The van der Waals surface area contributed by atoms with Crippen molar-refractivity contribution in [2.24, 2.45) is 0 Å². The van der Waals surface area contributed by atoms with Gasteiger partial charge in [-0.1, -0.05) is 65.7 Å². The number of rotatable bonds is 6. The van der Waals surface area contributed by atoms with Gasteiger partial charge in [0.05, 0.1) is 6.33 Å². The van der Waals surface area contributed by atoms with Crippen LogP contribution in [0.5, 0.6) is 0 Å². The van der Waals surface area contributed by atoms with Gasteiger partial charge in [-0.05, 0) is 23.3 Å². The summed E-state index contributed by atoms with van der Waals surface area (Å²) in [6, 6.07) is 18.1. The number of imidazole rings is 1. The molecule has 1 heterocycles. The third kappa shape index (κ3) is 4.31. The summed E-state index contributed by atoms with van der Waals surface area (Å²) in [5, 5.41) is 0.730. The molecule has 0 aliphatic heterocycles. The van der Waals surface area contributed by atoms with E-state index in [1.165, 1.54) is 5.56 Å². The maximum atomic E-state index is 6.98. The minimum absolute atomic E-state index is 0.625. The van der Waals surface area contributed by atoms with E-state index in [0.717, 1.165) is 16.3 Å². The highest BCUT2D eigenvalue weighted by molar-refractivity contribution is 8.00. The number of hydrogen-bond acceptors (Lipinski definition) is 2. The van der Waals surface area contributed by atoms with E-state index in [4.69, 9.17) is 23.2 Å². The molecular formula is C18H16Cl2N2S. The zero-order valence-electron chi connectivity index (χ0n) is 12.4. The first-order valence-electron chi connectivity index (χ1n) is 7.25. The maximum absolute atomic E-state index is 6.98. The maximum Gasteiger partial charge on any atom is 0.171 e. The van der Waals surface area contributed by atoms with Crippen molar-refractivity contribution in [1.82, 2.24) is 9.55 Å². The number of nitrogens with zero attached hydrogens (tertiary/aromatic N) is 2. The van der Waals surface area contributed by atoms with Crippen molar-refractivity contribution in [3.63, 3.8) is 0 Å². The summed E-state index contributed by atoms with van der Waals surface area (Å²) >= 11 is 14.6. The molecule has 0 amide bonds. The molecule has 1 aromatic heterocycles. The molecule has 1 atom stereocenters. The molecule has 0 saturated carbocycles. The van der Waals surface area contributed by atoms with Gasteiger partial charge in [-0.2, -0.15) is 0 Å². The zero-order valence-corrected chi connectivity index (χ0v) is 14.7. The van der Waals surface area contributed by atoms with Crippen molar-refractivity contribution < 1.29 is 0 Å². The zero-order chi connectivity index (χ0) is 16.1. The molecule has 0 spiro atoms. The van der Waals surface area contributed by atoms with Gasteiger partial charge >= 0.3 is 0 Å². The number of thioether (sulfide) groups is 1. The van der Waals surface area contributed by atoms with Crippen LogP contribution in [-0.4, -0.2) is 9.55 Å². The van der Waals surface area contributed by atoms with E-state index < -0.39 is 4.33 Å². The third-order valence-electron chi connectivity index (χ3n) is 3.53. The van der Waals surface area contributed by atoms with Crippen LogP contribution in [0.15, 0.2) is 73.3 Å². The molecule has 23 heavy (non-hydrogen) atoms. The number of halogens is 2. The molecule has 0 bridgehead atoms. The van der Waals surface area contributed by atoms with Gasteiger partial charge in [0.1, 0.15) is 0 Å². The lowest BCUT2D eigenvalue weighted by atomic mass is 10.1. The second-order valence-electron chi connectivity index (χ2n) is 5.24. The van der Waals surface area contributed by atoms with Crippen LogP contribution < -0.4 is 0 Å². The fourth-order valence-corrected chi connectivity index (χ4v) is 3.95. The van der Waals surface area contributed by atoms with E-state index in [1.807, 2.05) is 53.2 Å². The predicted molar refractivity (Wildman–Crippen MR) is 98.9 cm³/mol. The molecule has 2 aromatic carbocycles. The van der Waals surface area contributed by atoms with Crippen molar-refractivity contribution in [3.05, 3.63) is 89.5 Å². The highest BCUT2D eigenvalue weighted by Crippen LogP contribution is 2.40. The van der Waals surface area contributed by atoms with Gasteiger partial charge < -0.3 is 4.57 Å². The van der Waals surface area contributed by atoms with Crippen LogP contribution in [0.3, 0.4) is 0 Å². The Morgan fingerprint density at radius 2 is 1.74 bits per heavy atom. The fourth-order valence-electron chi connectivity index (χ4n) is 2.30. The average molecular weight is 363 g/mol. The van der Waals surface area contributed by atoms with Gasteiger partial charge in [0, 0.05) is 29.6 Å². The number of aromatic nitrogens is 2. The Hall–Kier alpha value is -1.42. The van der Waals surface area contributed by atoms with Crippen LogP contribution in [0.1, 0.15) is 11.1 Å². The van der Waals surface area contributed by atoms with Crippen molar-refractivity contribution in [1.29, 1.82) is 0 Å². The topological polar surface area (TPSA) is 17.8 Å². The van der Waals surface area contributed by atoms with E-state index >= 15 is 0 Å². The molecule has 0 fully saturated rings. The summed E-state index contributed by atoms with van der Waals surface area (Å²) in [7, 11) is 0. The highest BCUT2D eigenvalue weighted by Gasteiger charge is 2.30. The van der Waals surface area contributed by atoms with Gasteiger partial charge in [-0.25, -0.2) is 4.98 Å². The normalized spacial score (nSPS) is 13.7. The quantitative estimate of drug-likeness (QED) is 0.534. The second-order valence-corrected chi connectivity index (χ2v) is 7.78. The number of benzene rings is 2. The van der Waals surface area contributed by atoms with Gasteiger partial charge in [0.2, 0.25) is 0 Å². The van der Waals surface area contributed by atoms with Gasteiger partial charge in [0.15, 0.2) is 4.33 Å². The summed E-state index contributed by atoms with van der Waals surface area (Å²) in [4.78, 5) is 4.14. The first-order valence-corrected chi connectivity index (χ1v) is 8.99. The molecule has 0 N–H and O–H groups in total. The largest absolute Gasteiger partial charge is 0.309 e. The Kier molecular flexibility index (Phi) is 5.31. The Bertz CT molecular complexity index is 729. The average Bonchev–Trinajstić information content (AvgIpc) is 3.12. The molecule has 2 nitrogen and oxygen atoms in total. The highest BCUT2D eigenvalue weighted by atomic mass is 35.5. The minimum atomic E-state index is -0.625. The van der Waals surface area contributed by atoms with E-state index in [1.54, 1.807) is 24.3 Å². The standard InChI is InChI=1S/C18H16Cl2N2S/c19-17-8-6-15(7-9-17)12-18(20,22-11-10-21-14-22)23-13-16-4-2-1-3-5-16/h1-11,14H,12-13H2. The van der Waals surface area contributed by atoms with Gasteiger partial charge in [-0.15, -0.1) is 11.8 Å². The Morgan fingerprint density at radius 1 is 1.00 bits per heavy atom. The Labute approximate surface area is 150 Å². The summed E-state index contributed by atoms with van der Waals surface area (Å²) in [6.07, 6.45) is 6.10. The summed E-state index contributed by atoms with van der Waals surface area (Å²) in [5.74, 6) is 0.829. The molecule has 0 aliphatic rings. The van der Waals surface area contributed by atoms with Crippen LogP contribution in [0.25, 0.3) is 0 Å². The molecule has 0 saturated heterocycles. The van der Waals surface area contributed by atoms with Gasteiger partial charge in [0.25, 0.3) is 0 Å². The van der Waals surface area contributed by atoms with Crippen LogP contribution >= 0.6 is 35.0 Å². The third-order valence-corrected chi connectivity index (χ3v) is 5.71. The lowest BCUT2D eigenvalue weighted by Gasteiger charge is -2.28. The lowest BCUT2D eigenvalue weighted by molar-refractivity contribution is 0.605. The number of alkyl halides is 1. The molecular weight excluding hydrogens is 347 g/mol. The van der Waals surface area contributed by atoms with E-state index in [9.17, 15) is 0 Å². The van der Waals surface area contributed by atoms with E-state index in [2.05, 4.69) is 17.1 Å². The van der Waals surface area contributed by atoms with Gasteiger partial charge in [-0.3, -0.25) is 0 Å². The van der Waals surface area contributed by atoms with Crippen molar-refractivity contribution in [2.45, 2.75) is 16.5 Å². The van der Waals surface area contributed by atoms with Crippen LogP contribution in [0.2, 0.25) is 5.02 Å². The van der Waals surface area contributed by atoms with Crippen LogP contribution in [0, 0.1) is 0 Å². The first-order chi connectivity index (χ1) is 11.2. The molecule has 118 valence electrons. The predicted octanol–water partition coefficient (Wildman–Crippen LogP) is 5.56. The van der Waals surface area contributed by atoms with Crippen molar-refractivity contribution in [3.8, 4) is 0 Å². The Balaban J connectivity index is 1.81. The lowest BCUT2D eigenvalue weighted by Crippen LogP contribution is -2.25. The van der Waals surface area contributed by atoms with Crippen molar-refractivity contribution in [2.75, 3.05) is 0 Å².